The molecular formula is C11H17NO4. The third-order valence-corrected chi connectivity index (χ3v) is 2.63. The highest BCUT2D eigenvalue weighted by Gasteiger charge is 2.36. The molecule has 1 amide bonds. The Morgan fingerprint density at radius 3 is 2.56 bits per heavy atom. The van der Waals surface area contributed by atoms with Gasteiger partial charge in [0.2, 0.25) is 5.78 Å². The van der Waals surface area contributed by atoms with Crippen LogP contribution in [0, 0.1) is 0 Å². The predicted molar refractivity (Wildman–Crippen MR) is 56.7 cm³/mol. The lowest BCUT2D eigenvalue weighted by molar-refractivity contribution is -0.155. The Morgan fingerprint density at radius 1 is 1.31 bits per heavy atom. The zero-order valence-electron chi connectivity index (χ0n) is 9.69. The van der Waals surface area contributed by atoms with Crippen LogP contribution in [0.25, 0.3) is 0 Å². The van der Waals surface area contributed by atoms with E-state index in [-0.39, 0.29) is 6.42 Å². The highest BCUT2D eigenvalue weighted by molar-refractivity contribution is 6.36. The van der Waals surface area contributed by atoms with Gasteiger partial charge in [-0.25, -0.2) is 4.79 Å². The summed E-state index contributed by atoms with van der Waals surface area (Å²) in [5.41, 5.74) is 0. The Morgan fingerprint density at radius 2 is 2.00 bits per heavy atom. The van der Waals surface area contributed by atoms with E-state index >= 15 is 0 Å². The first kappa shape index (κ1) is 12.7. The minimum Gasteiger partial charge on any atom is -0.464 e. The van der Waals surface area contributed by atoms with E-state index in [2.05, 4.69) is 0 Å². The fourth-order valence-corrected chi connectivity index (χ4v) is 1.80. The van der Waals surface area contributed by atoms with E-state index in [0.29, 0.717) is 19.6 Å². The second kappa shape index (κ2) is 5.63. The predicted octanol–water partition coefficient (Wildman–Crippen LogP) is 0.520. The summed E-state index contributed by atoms with van der Waals surface area (Å²) in [4.78, 5) is 35.8. The van der Waals surface area contributed by atoms with Crippen LogP contribution in [-0.4, -0.2) is 41.8 Å². The number of ketones is 1. The number of likely N-dealkylation sites (tertiary alicyclic amines) is 1. The van der Waals surface area contributed by atoms with Crippen molar-refractivity contribution in [1.29, 1.82) is 0 Å². The number of Topliss-reactive ketones (excluding diaryl/α,β-unsaturated/α-hetero) is 1. The second-order valence-electron chi connectivity index (χ2n) is 3.69. The van der Waals surface area contributed by atoms with Crippen molar-refractivity contribution in [2.24, 2.45) is 0 Å². The van der Waals surface area contributed by atoms with Crippen LogP contribution in [0.1, 0.15) is 33.1 Å². The third-order valence-electron chi connectivity index (χ3n) is 2.63. The molecule has 0 aliphatic carbocycles. The van der Waals surface area contributed by atoms with Crippen LogP contribution in [0.5, 0.6) is 0 Å². The van der Waals surface area contributed by atoms with Crippen molar-refractivity contribution < 1.29 is 19.1 Å². The van der Waals surface area contributed by atoms with Crippen LogP contribution >= 0.6 is 0 Å². The molecule has 1 fully saturated rings. The Labute approximate surface area is 94.7 Å². The van der Waals surface area contributed by atoms with Crippen molar-refractivity contribution in [1.82, 2.24) is 4.90 Å². The highest BCUT2D eigenvalue weighted by atomic mass is 16.5. The van der Waals surface area contributed by atoms with Crippen molar-refractivity contribution in [2.75, 3.05) is 13.2 Å². The fraction of sp³-hybridized carbons (Fsp3) is 0.727. The van der Waals surface area contributed by atoms with E-state index in [1.54, 1.807) is 13.8 Å². The standard InChI is InChI=1S/C11H17NO4/c1-3-9(13)10(14)12-7-5-6-8(12)11(15)16-4-2/h8H,3-7H2,1-2H3/t8-/m1/s1. The first-order chi connectivity index (χ1) is 7.61. The molecule has 1 aliphatic heterocycles. The van der Waals surface area contributed by atoms with Crippen molar-refractivity contribution >= 4 is 17.7 Å². The molecule has 90 valence electrons. The molecule has 0 bridgehead atoms. The second-order valence-corrected chi connectivity index (χ2v) is 3.69. The molecule has 1 atom stereocenters. The molecule has 1 saturated heterocycles. The van der Waals surface area contributed by atoms with Crippen molar-refractivity contribution in [3.63, 3.8) is 0 Å². The average Bonchev–Trinajstić information content (AvgIpc) is 2.76. The lowest BCUT2D eigenvalue weighted by atomic mass is 10.2. The van der Waals surface area contributed by atoms with E-state index in [0.717, 1.165) is 6.42 Å². The van der Waals surface area contributed by atoms with Gasteiger partial charge in [0.15, 0.2) is 0 Å². The topological polar surface area (TPSA) is 63.7 Å². The van der Waals surface area contributed by atoms with Gasteiger partial charge >= 0.3 is 5.97 Å². The molecule has 1 heterocycles. The monoisotopic (exact) mass is 227 g/mol. The number of hydrogen-bond donors (Lipinski definition) is 0. The molecule has 0 unspecified atom stereocenters. The van der Waals surface area contributed by atoms with Gasteiger partial charge in [-0.2, -0.15) is 0 Å². The molecule has 16 heavy (non-hydrogen) atoms. The third kappa shape index (κ3) is 2.59. The smallest absolute Gasteiger partial charge is 0.328 e. The van der Waals surface area contributed by atoms with Gasteiger partial charge < -0.3 is 9.64 Å². The van der Waals surface area contributed by atoms with Crippen LogP contribution in [-0.2, 0) is 19.1 Å². The largest absolute Gasteiger partial charge is 0.464 e. The van der Waals surface area contributed by atoms with Crippen LogP contribution in [0.2, 0.25) is 0 Å². The number of esters is 1. The lowest BCUT2D eigenvalue weighted by Gasteiger charge is -2.21. The summed E-state index contributed by atoms with van der Waals surface area (Å²) in [7, 11) is 0. The van der Waals surface area contributed by atoms with Gasteiger partial charge in [0.05, 0.1) is 6.61 Å². The van der Waals surface area contributed by atoms with Gasteiger partial charge in [-0.05, 0) is 19.8 Å². The molecule has 5 heteroatoms. The first-order valence-corrected chi connectivity index (χ1v) is 5.62. The Hall–Kier alpha value is -1.39. The van der Waals surface area contributed by atoms with Gasteiger partial charge in [-0.3, -0.25) is 9.59 Å². The number of hydrogen-bond acceptors (Lipinski definition) is 4. The number of nitrogens with zero attached hydrogens (tertiary/aromatic N) is 1. The zero-order valence-corrected chi connectivity index (χ0v) is 9.69. The minimum atomic E-state index is -0.567. The number of carbonyl (C=O) groups is 3. The van der Waals surface area contributed by atoms with Gasteiger partial charge in [0.1, 0.15) is 6.04 Å². The quantitative estimate of drug-likeness (QED) is 0.519. The van der Waals surface area contributed by atoms with Gasteiger partial charge in [0, 0.05) is 13.0 Å². The maximum Gasteiger partial charge on any atom is 0.328 e. The van der Waals surface area contributed by atoms with Crippen molar-refractivity contribution in [2.45, 2.75) is 39.2 Å². The number of ether oxygens (including phenoxy) is 1. The van der Waals surface area contributed by atoms with E-state index in [1.165, 1.54) is 4.90 Å². The van der Waals surface area contributed by atoms with Crippen molar-refractivity contribution in [3.05, 3.63) is 0 Å². The zero-order chi connectivity index (χ0) is 12.1. The van der Waals surface area contributed by atoms with E-state index in [4.69, 9.17) is 4.74 Å². The minimum absolute atomic E-state index is 0.172. The van der Waals surface area contributed by atoms with Gasteiger partial charge in [-0.15, -0.1) is 0 Å². The normalized spacial score (nSPS) is 19.6. The summed E-state index contributed by atoms with van der Waals surface area (Å²) in [6.07, 6.45) is 1.50. The molecule has 5 nitrogen and oxygen atoms in total. The first-order valence-electron chi connectivity index (χ1n) is 5.62. The molecular weight excluding hydrogens is 210 g/mol. The van der Waals surface area contributed by atoms with Crippen LogP contribution in [0.4, 0.5) is 0 Å². The summed E-state index contributed by atoms with van der Waals surface area (Å²) in [6.45, 7) is 4.11. The van der Waals surface area contributed by atoms with Crippen LogP contribution < -0.4 is 0 Å². The summed E-state index contributed by atoms with van der Waals surface area (Å²) >= 11 is 0. The lowest BCUT2D eigenvalue weighted by Crippen LogP contribution is -2.44. The number of rotatable bonds is 4. The van der Waals surface area contributed by atoms with E-state index in [1.807, 2.05) is 0 Å². The molecule has 0 spiro atoms. The molecule has 0 radical (unpaired) electrons. The number of amides is 1. The summed E-state index contributed by atoms with van der Waals surface area (Å²) in [5.74, 6) is -1.41. The fourth-order valence-electron chi connectivity index (χ4n) is 1.80. The number of carbonyl (C=O) groups excluding carboxylic acids is 3. The van der Waals surface area contributed by atoms with E-state index < -0.39 is 23.7 Å². The summed E-state index contributed by atoms with van der Waals surface area (Å²) < 4.78 is 4.88. The molecule has 0 aromatic rings. The highest BCUT2D eigenvalue weighted by Crippen LogP contribution is 2.19. The Kier molecular flexibility index (Phi) is 4.46. The van der Waals surface area contributed by atoms with Gasteiger partial charge in [0.25, 0.3) is 5.91 Å². The van der Waals surface area contributed by atoms with Crippen LogP contribution in [0.3, 0.4) is 0 Å². The van der Waals surface area contributed by atoms with E-state index in [9.17, 15) is 14.4 Å². The Bertz CT molecular complexity index is 300. The molecule has 0 aromatic carbocycles. The van der Waals surface area contributed by atoms with Gasteiger partial charge in [-0.1, -0.05) is 6.92 Å². The molecule has 1 aliphatic rings. The maximum atomic E-state index is 11.7. The van der Waals surface area contributed by atoms with Crippen LogP contribution in [0.15, 0.2) is 0 Å². The molecule has 0 N–H and O–H groups in total. The maximum absolute atomic E-state index is 11.7. The average molecular weight is 227 g/mol. The SMILES string of the molecule is CCOC(=O)[C@H]1CCCN1C(=O)C(=O)CC. The molecule has 1 rings (SSSR count). The van der Waals surface area contributed by atoms with Crippen molar-refractivity contribution in [3.8, 4) is 0 Å². The summed E-state index contributed by atoms with van der Waals surface area (Å²) in [5, 5.41) is 0. The molecule has 0 saturated carbocycles. The molecule has 0 aromatic heterocycles. The summed E-state index contributed by atoms with van der Waals surface area (Å²) in [6, 6.07) is -0.567. The Balaban J connectivity index is 2.68.